The molecule has 0 unspecified atom stereocenters. The first-order valence-electron chi connectivity index (χ1n) is 6.49. The molecule has 1 aliphatic heterocycles. The van der Waals surface area contributed by atoms with Crippen LogP contribution in [-0.4, -0.2) is 48.9 Å². The van der Waals surface area contributed by atoms with Crippen molar-refractivity contribution in [2.24, 2.45) is 0 Å². The van der Waals surface area contributed by atoms with Crippen LogP contribution >= 0.6 is 0 Å². The average molecular weight is 271 g/mol. The Balaban J connectivity index is 2.40. The number of hydrogen-bond acceptors (Lipinski definition) is 4. The monoisotopic (exact) mass is 271 g/mol. The van der Waals surface area contributed by atoms with Crippen molar-refractivity contribution in [3.05, 3.63) is 12.2 Å². The van der Waals surface area contributed by atoms with Crippen LogP contribution in [0.1, 0.15) is 26.2 Å². The van der Waals surface area contributed by atoms with Gasteiger partial charge >= 0.3 is 5.97 Å². The first-order valence-corrected chi connectivity index (χ1v) is 6.49. The number of hydrogen-bond donors (Lipinski definition) is 2. The number of carboxylic acids is 1. The van der Waals surface area contributed by atoms with E-state index in [2.05, 4.69) is 5.32 Å². The standard InChI is InChI=1S/C13H21NO5/c1-2-3-4-5-12(15)14-10-6-7-18-8-11(10)19-9-13(16)17/h3-4,10-11H,2,5-9H2,1H3,(H,14,15)(H,16,17)/t10-,11-/m1/s1. The van der Waals surface area contributed by atoms with E-state index in [-0.39, 0.29) is 18.6 Å². The number of carboxylic acid groups (broad SMARTS) is 1. The Kier molecular flexibility index (Phi) is 7.14. The maximum Gasteiger partial charge on any atom is 0.329 e. The fraction of sp³-hybridized carbons (Fsp3) is 0.692. The summed E-state index contributed by atoms with van der Waals surface area (Å²) in [5.41, 5.74) is 0. The van der Waals surface area contributed by atoms with Crippen molar-refractivity contribution in [3.8, 4) is 0 Å². The van der Waals surface area contributed by atoms with Crippen molar-refractivity contribution < 1.29 is 24.2 Å². The Morgan fingerprint density at radius 2 is 2.26 bits per heavy atom. The van der Waals surface area contributed by atoms with Crippen LogP contribution < -0.4 is 5.32 Å². The number of ether oxygens (including phenoxy) is 2. The second-order valence-corrected chi connectivity index (χ2v) is 4.36. The quantitative estimate of drug-likeness (QED) is 0.666. The zero-order valence-electron chi connectivity index (χ0n) is 11.1. The van der Waals surface area contributed by atoms with Gasteiger partial charge in [-0.2, -0.15) is 0 Å². The molecule has 2 N–H and O–H groups in total. The summed E-state index contributed by atoms with van der Waals surface area (Å²) >= 11 is 0. The van der Waals surface area contributed by atoms with Gasteiger partial charge in [0, 0.05) is 13.0 Å². The van der Waals surface area contributed by atoms with Gasteiger partial charge < -0.3 is 19.9 Å². The van der Waals surface area contributed by atoms with E-state index in [0.29, 0.717) is 26.1 Å². The molecule has 0 aromatic carbocycles. The molecule has 0 bridgehead atoms. The van der Waals surface area contributed by atoms with Gasteiger partial charge in [-0.3, -0.25) is 4.79 Å². The van der Waals surface area contributed by atoms with Crippen LogP contribution in [-0.2, 0) is 19.1 Å². The van der Waals surface area contributed by atoms with E-state index in [9.17, 15) is 9.59 Å². The lowest BCUT2D eigenvalue weighted by atomic mass is 10.1. The molecule has 0 radical (unpaired) electrons. The first-order chi connectivity index (χ1) is 9.13. The summed E-state index contributed by atoms with van der Waals surface area (Å²) in [7, 11) is 0. The van der Waals surface area contributed by atoms with Crippen LogP contribution in [0.25, 0.3) is 0 Å². The SMILES string of the molecule is CCC=CCC(=O)N[C@@H]1CCOC[C@H]1OCC(=O)O. The topological polar surface area (TPSA) is 84.9 Å². The number of carbonyl (C=O) groups excluding carboxylic acids is 1. The van der Waals surface area contributed by atoms with Gasteiger partial charge in [0.05, 0.1) is 12.6 Å². The smallest absolute Gasteiger partial charge is 0.329 e. The van der Waals surface area contributed by atoms with Gasteiger partial charge in [-0.15, -0.1) is 0 Å². The molecular weight excluding hydrogens is 250 g/mol. The fourth-order valence-electron chi connectivity index (χ4n) is 1.84. The minimum Gasteiger partial charge on any atom is -0.480 e. The molecule has 108 valence electrons. The first kappa shape index (κ1) is 15.7. The van der Waals surface area contributed by atoms with Gasteiger partial charge in [0.1, 0.15) is 12.7 Å². The molecule has 0 spiro atoms. The highest BCUT2D eigenvalue weighted by molar-refractivity contribution is 5.77. The van der Waals surface area contributed by atoms with E-state index < -0.39 is 12.1 Å². The third-order valence-electron chi connectivity index (χ3n) is 2.78. The number of rotatable bonds is 7. The van der Waals surface area contributed by atoms with Gasteiger partial charge in [0.2, 0.25) is 5.91 Å². The number of amides is 1. The molecule has 0 saturated carbocycles. The van der Waals surface area contributed by atoms with Crippen LogP contribution in [0.5, 0.6) is 0 Å². The van der Waals surface area contributed by atoms with Gasteiger partial charge in [-0.25, -0.2) is 4.79 Å². The van der Waals surface area contributed by atoms with E-state index in [4.69, 9.17) is 14.6 Å². The van der Waals surface area contributed by atoms with Crippen molar-refractivity contribution >= 4 is 11.9 Å². The largest absolute Gasteiger partial charge is 0.480 e. The van der Waals surface area contributed by atoms with Crippen molar-refractivity contribution in [1.82, 2.24) is 5.32 Å². The maximum atomic E-state index is 11.7. The molecule has 1 heterocycles. The molecule has 2 atom stereocenters. The van der Waals surface area contributed by atoms with Gasteiger partial charge in [0.15, 0.2) is 0 Å². The molecular formula is C13H21NO5. The number of carbonyl (C=O) groups is 2. The minimum atomic E-state index is -1.03. The van der Waals surface area contributed by atoms with Gasteiger partial charge in [-0.1, -0.05) is 19.1 Å². The molecule has 1 rings (SSSR count). The van der Waals surface area contributed by atoms with Crippen molar-refractivity contribution in [2.45, 2.75) is 38.3 Å². The molecule has 19 heavy (non-hydrogen) atoms. The molecule has 6 nitrogen and oxygen atoms in total. The zero-order valence-corrected chi connectivity index (χ0v) is 11.1. The average Bonchev–Trinajstić information content (AvgIpc) is 2.38. The van der Waals surface area contributed by atoms with Crippen LogP contribution in [0.2, 0.25) is 0 Å². The Morgan fingerprint density at radius 3 is 2.95 bits per heavy atom. The summed E-state index contributed by atoms with van der Waals surface area (Å²) in [6, 6.07) is -0.185. The lowest BCUT2D eigenvalue weighted by Gasteiger charge is -2.31. The lowest BCUT2D eigenvalue weighted by Crippen LogP contribution is -2.50. The summed E-state index contributed by atoms with van der Waals surface area (Å²) in [4.78, 5) is 22.2. The maximum absolute atomic E-state index is 11.7. The summed E-state index contributed by atoms with van der Waals surface area (Å²) in [6.45, 7) is 2.48. The Hall–Kier alpha value is -1.40. The molecule has 0 aromatic rings. The molecule has 0 aromatic heterocycles. The van der Waals surface area contributed by atoms with E-state index in [1.165, 1.54) is 0 Å². The van der Waals surface area contributed by atoms with Crippen LogP contribution in [0.3, 0.4) is 0 Å². The third kappa shape index (κ3) is 6.35. The van der Waals surface area contributed by atoms with Crippen LogP contribution in [0.15, 0.2) is 12.2 Å². The van der Waals surface area contributed by atoms with Crippen molar-refractivity contribution in [1.29, 1.82) is 0 Å². The van der Waals surface area contributed by atoms with Gasteiger partial charge in [0.25, 0.3) is 0 Å². The predicted octanol–water partition coefficient (Wildman–Crippen LogP) is 0.718. The highest BCUT2D eigenvalue weighted by Crippen LogP contribution is 2.11. The Morgan fingerprint density at radius 1 is 1.47 bits per heavy atom. The third-order valence-corrected chi connectivity index (χ3v) is 2.78. The number of allylic oxidation sites excluding steroid dienone is 1. The number of aliphatic carboxylic acids is 1. The molecule has 1 amide bonds. The second-order valence-electron chi connectivity index (χ2n) is 4.36. The van der Waals surface area contributed by atoms with E-state index in [1.54, 1.807) is 0 Å². The molecule has 1 aliphatic rings. The number of nitrogens with one attached hydrogen (secondary N) is 1. The lowest BCUT2D eigenvalue weighted by molar-refractivity contribution is -0.149. The minimum absolute atomic E-state index is 0.0828. The Labute approximate surface area is 112 Å². The second kappa shape index (κ2) is 8.66. The fourth-order valence-corrected chi connectivity index (χ4v) is 1.84. The van der Waals surface area contributed by atoms with Crippen molar-refractivity contribution in [3.63, 3.8) is 0 Å². The summed E-state index contributed by atoms with van der Waals surface area (Å²) in [5, 5.41) is 11.5. The van der Waals surface area contributed by atoms with Crippen molar-refractivity contribution in [2.75, 3.05) is 19.8 Å². The normalized spacial score (nSPS) is 23.4. The molecule has 0 aliphatic carbocycles. The summed E-state index contributed by atoms with van der Waals surface area (Å²) in [5.74, 6) is -1.11. The molecule has 1 fully saturated rings. The molecule has 1 saturated heterocycles. The Bertz CT molecular complexity index is 329. The van der Waals surface area contributed by atoms with E-state index in [1.807, 2.05) is 19.1 Å². The zero-order chi connectivity index (χ0) is 14.1. The van der Waals surface area contributed by atoms with E-state index in [0.717, 1.165) is 6.42 Å². The van der Waals surface area contributed by atoms with Crippen LogP contribution in [0, 0.1) is 0 Å². The summed E-state index contributed by atoms with van der Waals surface area (Å²) in [6.07, 6.45) is 5.21. The van der Waals surface area contributed by atoms with Crippen LogP contribution in [0.4, 0.5) is 0 Å². The van der Waals surface area contributed by atoms with Gasteiger partial charge in [-0.05, 0) is 12.8 Å². The molecule has 6 heteroatoms. The highest BCUT2D eigenvalue weighted by atomic mass is 16.5. The predicted molar refractivity (Wildman–Crippen MR) is 68.8 cm³/mol. The summed E-state index contributed by atoms with van der Waals surface area (Å²) < 4.78 is 10.5. The van der Waals surface area contributed by atoms with E-state index >= 15 is 0 Å². The highest BCUT2D eigenvalue weighted by Gasteiger charge is 2.28.